The Bertz CT molecular complexity index is 745. The SMILES string of the molecule is Cc1ccc(NC(=O)CN(C)CC(=O)N[C@H](C)c2ccc(Br)cc2)cc1. The first-order valence-corrected chi connectivity index (χ1v) is 9.22. The van der Waals surface area contributed by atoms with Gasteiger partial charge in [0.05, 0.1) is 19.1 Å². The number of hydrogen-bond acceptors (Lipinski definition) is 3. The van der Waals surface area contributed by atoms with Gasteiger partial charge in [-0.1, -0.05) is 45.8 Å². The van der Waals surface area contributed by atoms with E-state index < -0.39 is 0 Å². The van der Waals surface area contributed by atoms with E-state index in [0.717, 1.165) is 21.3 Å². The van der Waals surface area contributed by atoms with Crippen molar-refractivity contribution in [2.75, 3.05) is 25.5 Å². The molecule has 5 nitrogen and oxygen atoms in total. The first-order chi connectivity index (χ1) is 12.3. The van der Waals surface area contributed by atoms with Crippen LogP contribution in [0.5, 0.6) is 0 Å². The highest BCUT2D eigenvalue weighted by Gasteiger charge is 2.14. The highest BCUT2D eigenvalue weighted by atomic mass is 79.9. The molecular formula is C20H24BrN3O2. The molecule has 0 aliphatic rings. The predicted octanol–water partition coefficient (Wildman–Crippen LogP) is 3.51. The monoisotopic (exact) mass is 417 g/mol. The lowest BCUT2D eigenvalue weighted by Gasteiger charge is -2.19. The van der Waals surface area contributed by atoms with E-state index >= 15 is 0 Å². The van der Waals surface area contributed by atoms with Crippen LogP contribution >= 0.6 is 15.9 Å². The maximum absolute atomic E-state index is 12.2. The number of nitrogens with one attached hydrogen (secondary N) is 2. The summed E-state index contributed by atoms with van der Waals surface area (Å²) in [7, 11) is 1.75. The molecule has 0 saturated heterocycles. The van der Waals surface area contributed by atoms with Crippen molar-refractivity contribution in [1.82, 2.24) is 10.2 Å². The molecule has 2 N–H and O–H groups in total. The molecule has 0 radical (unpaired) electrons. The Hall–Kier alpha value is -2.18. The Morgan fingerprint density at radius 1 is 1.00 bits per heavy atom. The number of benzene rings is 2. The number of carbonyl (C=O) groups excluding carboxylic acids is 2. The molecular weight excluding hydrogens is 394 g/mol. The van der Waals surface area contributed by atoms with Crippen LogP contribution in [0.2, 0.25) is 0 Å². The van der Waals surface area contributed by atoms with Crippen molar-refractivity contribution in [2.45, 2.75) is 19.9 Å². The molecule has 2 rings (SSSR count). The Labute approximate surface area is 162 Å². The average molecular weight is 418 g/mol. The molecule has 0 bridgehead atoms. The molecule has 2 aromatic carbocycles. The summed E-state index contributed by atoms with van der Waals surface area (Å²) in [6, 6.07) is 15.3. The molecule has 0 aliphatic heterocycles. The van der Waals surface area contributed by atoms with E-state index in [0.29, 0.717) is 0 Å². The number of carbonyl (C=O) groups is 2. The van der Waals surface area contributed by atoms with Crippen molar-refractivity contribution < 1.29 is 9.59 Å². The van der Waals surface area contributed by atoms with Crippen LogP contribution in [0, 0.1) is 6.92 Å². The lowest BCUT2D eigenvalue weighted by atomic mass is 10.1. The summed E-state index contributed by atoms with van der Waals surface area (Å²) in [5.41, 5.74) is 2.92. The van der Waals surface area contributed by atoms with Crippen molar-refractivity contribution in [2.24, 2.45) is 0 Å². The van der Waals surface area contributed by atoms with E-state index in [-0.39, 0.29) is 30.9 Å². The molecule has 1 atom stereocenters. The van der Waals surface area contributed by atoms with Crippen molar-refractivity contribution in [3.8, 4) is 0 Å². The number of rotatable bonds is 7. The lowest BCUT2D eigenvalue weighted by Crippen LogP contribution is -2.39. The normalized spacial score (nSPS) is 11.9. The van der Waals surface area contributed by atoms with Crippen molar-refractivity contribution in [3.05, 3.63) is 64.1 Å². The van der Waals surface area contributed by atoms with Gasteiger partial charge >= 0.3 is 0 Å². The van der Waals surface area contributed by atoms with Crippen molar-refractivity contribution >= 4 is 33.4 Å². The van der Waals surface area contributed by atoms with Gasteiger partial charge in [0.15, 0.2) is 0 Å². The zero-order valence-electron chi connectivity index (χ0n) is 15.3. The minimum absolute atomic E-state index is 0.0922. The first-order valence-electron chi connectivity index (χ1n) is 8.43. The van der Waals surface area contributed by atoms with Gasteiger partial charge in [0, 0.05) is 10.2 Å². The maximum Gasteiger partial charge on any atom is 0.238 e. The van der Waals surface area contributed by atoms with Crippen LogP contribution < -0.4 is 10.6 Å². The number of likely N-dealkylation sites (N-methyl/N-ethyl adjacent to an activating group) is 1. The molecule has 6 heteroatoms. The number of hydrogen-bond donors (Lipinski definition) is 2. The summed E-state index contributed by atoms with van der Waals surface area (Å²) < 4.78 is 0.999. The number of nitrogens with zero attached hydrogens (tertiary/aromatic N) is 1. The summed E-state index contributed by atoms with van der Waals surface area (Å²) in [5, 5.41) is 5.78. The molecule has 0 saturated carbocycles. The molecule has 0 unspecified atom stereocenters. The summed E-state index contributed by atoms with van der Waals surface area (Å²) in [6.45, 7) is 4.23. The van der Waals surface area contributed by atoms with E-state index in [1.807, 2.05) is 62.4 Å². The standard InChI is InChI=1S/C20H24BrN3O2/c1-14-4-10-18(11-5-14)23-20(26)13-24(3)12-19(25)22-15(2)16-6-8-17(21)9-7-16/h4-11,15H,12-13H2,1-3H3,(H,22,25)(H,23,26)/t15-/m1/s1. The van der Waals surface area contributed by atoms with Crippen LogP contribution in [0.25, 0.3) is 0 Å². The van der Waals surface area contributed by atoms with E-state index in [4.69, 9.17) is 0 Å². The van der Waals surface area contributed by atoms with Crippen LogP contribution in [0.3, 0.4) is 0 Å². The zero-order valence-corrected chi connectivity index (χ0v) is 16.8. The van der Waals surface area contributed by atoms with Crippen LogP contribution in [0.1, 0.15) is 24.1 Å². The van der Waals surface area contributed by atoms with Crippen LogP contribution in [-0.4, -0.2) is 36.9 Å². The van der Waals surface area contributed by atoms with Gasteiger partial charge < -0.3 is 10.6 Å². The van der Waals surface area contributed by atoms with Gasteiger partial charge in [-0.05, 0) is 50.7 Å². The Morgan fingerprint density at radius 3 is 2.19 bits per heavy atom. The van der Waals surface area contributed by atoms with Gasteiger partial charge in [-0.3, -0.25) is 14.5 Å². The quantitative estimate of drug-likeness (QED) is 0.724. The summed E-state index contributed by atoms with van der Waals surface area (Å²) in [4.78, 5) is 26.0. The smallest absolute Gasteiger partial charge is 0.238 e. The largest absolute Gasteiger partial charge is 0.348 e. The topological polar surface area (TPSA) is 61.4 Å². The predicted molar refractivity (Wildman–Crippen MR) is 108 cm³/mol. The second-order valence-electron chi connectivity index (χ2n) is 6.43. The lowest BCUT2D eigenvalue weighted by molar-refractivity contribution is -0.123. The zero-order chi connectivity index (χ0) is 19.1. The second kappa shape index (κ2) is 9.50. The number of amides is 2. The highest BCUT2D eigenvalue weighted by Crippen LogP contribution is 2.16. The average Bonchev–Trinajstić information content (AvgIpc) is 2.57. The minimum Gasteiger partial charge on any atom is -0.348 e. The van der Waals surface area contributed by atoms with Gasteiger partial charge in [0.1, 0.15) is 0 Å². The molecule has 0 spiro atoms. The second-order valence-corrected chi connectivity index (χ2v) is 7.34. The third-order valence-electron chi connectivity index (χ3n) is 3.91. The Balaban J connectivity index is 1.78. The molecule has 0 fully saturated rings. The van der Waals surface area contributed by atoms with Gasteiger partial charge in [-0.2, -0.15) is 0 Å². The fraction of sp³-hybridized carbons (Fsp3) is 0.300. The molecule has 2 amide bonds. The van der Waals surface area contributed by atoms with Gasteiger partial charge in [-0.25, -0.2) is 0 Å². The van der Waals surface area contributed by atoms with Gasteiger partial charge in [0.2, 0.25) is 11.8 Å². The van der Waals surface area contributed by atoms with Crippen LogP contribution in [0.4, 0.5) is 5.69 Å². The number of anilines is 1. The first kappa shape index (κ1) is 20.1. The maximum atomic E-state index is 12.2. The van der Waals surface area contributed by atoms with E-state index in [1.54, 1.807) is 11.9 Å². The fourth-order valence-corrected chi connectivity index (χ4v) is 2.77. The summed E-state index contributed by atoms with van der Waals surface area (Å²) in [5.74, 6) is -0.267. The Kier molecular flexibility index (Phi) is 7.36. The van der Waals surface area contributed by atoms with E-state index in [9.17, 15) is 9.59 Å². The fourth-order valence-electron chi connectivity index (χ4n) is 2.51. The molecule has 26 heavy (non-hydrogen) atoms. The number of aryl methyl sites for hydroxylation is 1. The number of halogens is 1. The highest BCUT2D eigenvalue weighted by molar-refractivity contribution is 9.10. The summed E-state index contributed by atoms with van der Waals surface area (Å²) in [6.07, 6.45) is 0. The minimum atomic E-state index is -0.148. The van der Waals surface area contributed by atoms with Gasteiger partial charge in [0.25, 0.3) is 0 Å². The van der Waals surface area contributed by atoms with E-state index in [1.165, 1.54) is 0 Å². The summed E-state index contributed by atoms with van der Waals surface area (Å²) >= 11 is 3.40. The van der Waals surface area contributed by atoms with Crippen molar-refractivity contribution in [1.29, 1.82) is 0 Å². The molecule has 0 aromatic heterocycles. The third kappa shape index (κ3) is 6.61. The van der Waals surface area contributed by atoms with E-state index in [2.05, 4.69) is 26.6 Å². The molecule has 0 heterocycles. The van der Waals surface area contributed by atoms with Crippen LogP contribution in [-0.2, 0) is 9.59 Å². The Morgan fingerprint density at radius 2 is 1.58 bits per heavy atom. The third-order valence-corrected chi connectivity index (χ3v) is 4.44. The van der Waals surface area contributed by atoms with Crippen molar-refractivity contribution in [3.63, 3.8) is 0 Å². The molecule has 0 aliphatic carbocycles. The van der Waals surface area contributed by atoms with Gasteiger partial charge in [-0.15, -0.1) is 0 Å². The molecule has 138 valence electrons. The molecule has 2 aromatic rings. The van der Waals surface area contributed by atoms with Crippen LogP contribution in [0.15, 0.2) is 53.0 Å².